The number of rotatable bonds is 14. The van der Waals surface area contributed by atoms with Crippen molar-refractivity contribution in [2.45, 2.75) is 96.5 Å². The van der Waals surface area contributed by atoms with E-state index in [1.807, 2.05) is 47.8 Å². The molecule has 0 saturated carbocycles. The molecule has 0 bridgehead atoms. The van der Waals surface area contributed by atoms with Crippen LogP contribution < -0.4 is 10.6 Å². The van der Waals surface area contributed by atoms with E-state index in [1.54, 1.807) is 43.0 Å². The predicted octanol–water partition coefficient (Wildman–Crippen LogP) is 6.22. The summed E-state index contributed by atoms with van der Waals surface area (Å²) in [6, 6.07) is 16.9. The number of amides is 4. The Morgan fingerprint density at radius 1 is 0.867 bits per heavy atom. The molecule has 7 rings (SSSR count). The lowest BCUT2D eigenvalue weighted by Gasteiger charge is -2.37. The van der Waals surface area contributed by atoms with Gasteiger partial charge in [-0.1, -0.05) is 79.8 Å². The Morgan fingerprint density at radius 2 is 1.60 bits per heavy atom. The second kappa shape index (κ2) is 18.6. The van der Waals surface area contributed by atoms with Gasteiger partial charge in [0.15, 0.2) is 10.7 Å². The zero-order valence-electron chi connectivity index (χ0n) is 34.4. The van der Waals surface area contributed by atoms with Crippen molar-refractivity contribution < 1.29 is 33.8 Å². The minimum absolute atomic E-state index is 0.0791. The minimum atomic E-state index is -0.990. The van der Waals surface area contributed by atoms with E-state index in [0.29, 0.717) is 30.8 Å². The molecule has 4 N–H and O–H groups in total. The number of aromatic amines is 1. The number of Topliss-reactive ketones (excluding diaryl/α,β-unsaturated/α-hetero) is 1. The summed E-state index contributed by atoms with van der Waals surface area (Å²) in [4.78, 5) is 79.5. The van der Waals surface area contributed by atoms with E-state index < -0.39 is 36.7 Å². The van der Waals surface area contributed by atoms with E-state index in [0.717, 1.165) is 57.9 Å². The molecule has 2 aliphatic heterocycles. The average molecular weight is 836 g/mol. The quantitative estimate of drug-likeness (QED) is 0.102. The normalized spacial score (nSPS) is 17.9. The number of aliphatic hydroxyl groups excluding tert-OH is 1. The lowest BCUT2D eigenvalue weighted by atomic mass is 9.94. The van der Waals surface area contributed by atoms with Gasteiger partial charge in [0, 0.05) is 37.4 Å². The predicted molar refractivity (Wildman–Crippen MR) is 228 cm³/mol. The number of nitrogens with one attached hydrogen (secondary N) is 3. The van der Waals surface area contributed by atoms with Gasteiger partial charge in [-0.05, 0) is 80.2 Å². The zero-order chi connectivity index (χ0) is 42.5. The lowest BCUT2D eigenvalue weighted by Crippen LogP contribution is -2.52. The van der Waals surface area contributed by atoms with Gasteiger partial charge >= 0.3 is 6.09 Å². The Hall–Kier alpha value is -5.80. The Balaban J connectivity index is 1.00. The minimum Gasteiger partial charge on any atom is -0.447 e. The molecule has 3 aromatic heterocycles. The third kappa shape index (κ3) is 9.47. The molecule has 0 aliphatic carbocycles. The number of ketones is 1. The number of H-pyrrole nitrogens is 1. The lowest BCUT2D eigenvalue weighted by molar-refractivity contribution is -0.143. The number of piperidine rings is 1. The number of hydrogen-bond donors (Lipinski definition) is 4. The molecule has 5 heterocycles. The first kappa shape index (κ1) is 42.3. The van der Waals surface area contributed by atoms with E-state index in [9.17, 15) is 29.1 Å². The van der Waals surface area contributed by atoms with Crippen molar-refractivity contribution in [1.82, 2.24) is 34.8 Å². The summed E-state index contributed by atoms with van der Waals surface area (Å²) in [6.45, 7) is 7.60. The Kier molecular flexibility index (Phi) is 13.1. The van der Waals surface area contributed by atoms with E-state index in [1.165, 1.54) is 11.3 Å². The molecule has 316 valence electrons. The maximum atomic E-state index is 14.1. The summed E-state index contributed by atoms with van der Waals surface area (Å²) in [5.41, 5.74) is 5.22. The number of imidazole rings is 1. The highest BCUT2D eigenvalue weighted by Crippen LogP contribution is 2.36. The molecule has 0 spiro atoms. The van der Waals surface area contributed by atoms with Crippen LogP contribution in [0.5, 0.6) is 0 Å². The molecule has 14 nitrogen and oxygen atoms in total. The van der Waals surface area contributed by atoms with Crippen molar-refractivity contribution in [3.05, 3.63) is 96.2 Å². The zero-order valence-corrected chi connectivity index (χ0v) is 35.2. The first-order chi connectivity index (χ1) is 28.9. The standard InChI is InChI=1S/C45H53N7O7S/c1-27(2)40(48-39(55)26-53)42(56)51-20-10-14-35(51)34-21-32(23-46-34)29-15-17-30(18-16-29)38-25-50-24-33(47-44(50)60-38)22-37(54)36-13-8-9-19-52(36)43(57)41(31-11-6-5-7-12-31)49-45(58)59-28(3)4/h5-7,11-12,15-18,21,23-25,27-28,35-36,40-41,46,53H,8-10,13-14,19-20,22,26H2,1-4H3,(H,48,55)(H,49,58)/t35?,36?,40-,41+/m0/s1. The van der Waals surface area contributed by atoms with Gasteiger partial charge in [-0.25, -0.2) is 9.78 Å². The molecular weight excluding hydrogens is 783 g/mol. The van der Waals surface area contributed by atoms with Gasteiger partial charge in [-0.2, -0.15) is 0 Å². The van der Waals surface area contributed by atoms with Gasteiger partial charge in [0.05, 0.1) is 35.2 Å². The number of likely N-dealkylation sites (tertiary alicyclic amines) is 2. The number of aliphatic hydroxyl groups is 1. The Labute approximate surface area is 353 Å². The van der Waals surface area contributed by atoms with Crippen molar-refractivity contribution in [3.8, 4) is 21.6 Å². The smallest absolute Gasteiger partial charge is 0.408 e. The third-order valence-electron chi connectivity index (χ3n) is 11.2. The van der Waals surface area contributed by atoms with Crippen LogP contribution in [-0.4, -0.2) is 96.8 Å². The fraction of sp³-hybridized carbons (Fsp3) is 0.422. The van der Waals surface area contributed by atoms with Crippen molar-refractivity contribution in [3.63, 3.8) is 0 Å². The Morgan fingerprint density at radius 3 is 2.30 bits per heavy atom. The van der Waals surface area contributed by atoms with E-state index in [2.05, 4.69) is 45.9 Å². The SMILES string of the molecule is CC(C)OC(=O)N[C@@H](C(=O)N1CCCCC1C(=O)Cc1cn2cc(-c3ccc(-c4c[nH]c(C5CCCN5C(=O)[C@@H](NC(=O)CO)C(C)C)c4)cc3)sc2n1)c1ccccc1. The van der Waals surface area contributed by atoms with Crippen LogP contribution in [0.4, 0.5) is 4.79 Å². The molecule has 2 saturated heterocycles. The van der Waals surface area contributed by atoms with E-state index >= 15 is 0 Å². The maximum Gasteiger partial charge on any atom is 0.408 e. The van der Waals surface area contributed by atoms with Gasteiger partial charge in [-0.15, -0.1) is 0 Å². The van der Waals surface area contributed by atoms with Crippen LogP contribution in [0, 0.1) is 5.92 Å². The molecular formula is C45H53N7O7S. The summed E-state index contributed by atoms with van der Waals surface area (Å²) in [5, 5.41) is 14.7. The van der Waals surface area contributed by atoms with Crippen molar-refractivity contribution in [2.75, 3.05) is 19.7 Å². The largest absolute Gasteiger partial charge is 0.447 e. The molecule has 5 aromatic rings. The summed E-state index contributed by atoms with van der Waals surface area (Å²) < 4.78 is 7.23. The maximum absolute atomic E-state index is 14.1. The number of aromatic nitrogens is 3. The van der Waals surface area contributed by atoms with Gasteiger partial charge < -0.3 is 35.3 Å². The molecule has 4 atom stereocenters. The van der Waals surface area contributed by atoms with Gasteiger partial charge in [0.25, 0.3) is 5.91 Å². The highest BCUT2D eigenvalue weighted by molar-refractivity contribution is 7.20. The second-order valence-electron chi connectivity index (χ2n) is 16.2. The van der Waals surface area contributed by atoms with E-state index in [4.69, 9.17) is 9.72 Å². The first-order valence-corrected chi connectivity index (χ1v) is 21.5. The monoisotopic (exact) mass is 835 g/mol. The van der Waals surface area contributed by atoms with Gasteiger partial charge in [-0.3, -0.25) is 23.6 Å². The number of ether oxygens (including phenoxy) is 1. The molecule has 2 aliphatic rings. The fourth-order valence-electron chi connectivity index (χ4n) is 8.22. The topological polar surface area (TPSA) is 178 Å². The van der Waals surface area contributed by atoms with Crippen LogP contribution in [0.3, 0.4) is 0 Å². The second-order valence-corrected chi connectivity index (χ2v) is 17.2. The number of carbonyl (C=O) groups is 5. The molecule has 15 heteroatoms. The molecule has 2 unspecified atom stereocenters. The average Bonchev–Trinajstić information content (AvgIpc) is 4.06. The number of hydrogen-bond acceptors (Lipinski definition) is 9. The molecule has 4 amide bonds. The van der Waals surface area contributed by atoms with Gasteiger partial charge in [0.2, 0.25) is 11.8 Å². The van der Waals surface area contributed by atoms with Crippen LogP contribution in [0.1, 0.15) is 88.8 Å². The fourth-order valence-corrected chi connectivity index (χ4v) is 9.21. The van der Waals surface area contributed by atoms with Crippen molar-refractivity contribution in [2.24, 2.45) is 5.92 Å². The molecule has 2 aromatic carbocycles. The number of thiazole rings is 1. The molecule has 60 heavy (non-hydrogen) atoms. The summed E-state index contributed by atoms with van der Waals surface area (Å²) >= 11 is 1.53. The van der Waals surface area contributed by atoms with Crippen LogP contribution in [-0.2, 0) is 30.3 Å². The van der Waals surface area contributed by atoms with E-state index in [-0.39, 0.29) is 42.1 Å². The number of alkyl carbamates (subject to hydrolysis) is 1. The summed E-state index contributed by atoms with van der Waals surface area (Å²) in [7, 11) is 0. The third-order valence-corrected chi connectivity index (χ3v) is 12.2. The summed E-state index contributed by atoms with van der Waals surface area (Å²) in [6.07, 6.45) is 8.64. The van der Waals surface area contributed by atoms with Crippen LogP contribution >= 0.6 is 11.3 Å². The molecule has 2 fully saturated rings. The number of fused-ring (bicyclic) bond motifs is 1. The van der Waals surface area contributed by atoms with Crippen molar-refractivity contribution >= 4 is 45.9 Å². The van der Waals surface area contributed by atoms with Crippen LogP contribution in [0.25, 0.3) is 26.5 Å². The molecule has 0 radical (unpaired) electrons. The summed E-state index contributed by atoms with van der Waals surface area (Å²) in [5.74, 6) is -1.27. The van der Waals surface area contributed by atoms with Crippen molar-refractivity contribution in [1.29, 1.82) is 0 Å². The van der Waals surface area contributed by atoms with Crippen LogP contribution in [0.2, 0.25) is 0 Å². The highest BCUT2D eigenvalue weighted by atomic mass is 32.1. The first-order valence-electron chi connectivity index (χ1n) is 20.7. The highest BCUT2D eigenvalue weighted by Gasteiger charge is 2.38. The van der Waals surface area contributed by atoms with Gasteiger partial charge in [0.1, 0.15) is 18.7 Å². The number of benzene rings is 2. The number of nitrogens with zero attached hydrogens (tertiary/aromatic N) is 4. The Bertz CT molecular complexity index is 2280. The van der Waals surface area contributed by atoms with Crippen LogP contribution in [0.15, 0.2) is 79.3 Å². The number of carbonyl (C=O) groups excluding carboxylic acids is 5.